The van der Waals surface area contributed by atoms with Crippen LogP contribution in [0.25, 0.3) is 0 Å². The zero-order chi connectivity index (χ0) is 18.4. The number of carboxylic acid groups (broad SMARTS) is 1. The standard InChI is InChI=1S/C18H12ClNO5/c19-15-6-2-4-12(14(15)9-20)10-25-13-5-1-3-11(7-13)16(21)8-17(22)18(23)24/h1-8,22H,10H2,(H,23,24)/b17-8+. The van der Waals surface area contributed by atoms with E-state index in [1.807, 2.05) is 6.07 Å². The van der Waals surface area contributed by atoms with E-state index in [0.717, 1.165) is 0 Å². The lowest BCUT2D eigenvalue weighted by Gasteiger charge is -2.09. The number of nitrogens with zero attached hydrogens (tertiary/aromatic N) is 1. The van der Waals surface area contributed by atoms with E-state index in [4.69, 9.17) is 31.8 Å². The molecule has 0 aliphatic carbocycles. The number of carbonyl (C=O) groups excluding carboxylic acids is 1. The fourth-order valence-corrected chi connectivity index (χ4v) is 2.22. The van der Waals surface area contributed by atoms with Crippen LogP contribution in [-0.4, -0.2) is 22.0 Å². The average Bonchev–Trinajstić information content (AvgIpc) is 2.60. The molecule has 0 saturated heterocycles. The number of carboxylic acids is 1. The van der Waals surface area contributed by atoms with Crippen molar-refractivity contribution in [1.29, 1.82) is 5.26 Å². The minimum absolute atomic E-state index is 0.0668. The Morgan fingerprint density at radius 3 is 2.60 bits per heavy atom. The first-order chi connectivity index (χ1) is 11.9. The Morgan fingerprint density at radius 1 is 1.20 bits per heavy atom. The van der Waals surface area contributed by atoms with Gasteiger partial charge >= 0.3 is 5.97 Å². The zero-order valence-corrected chi connectivity index (χ0v) is 13.5. The minimum atomic E-state index is -1.59. The molecule has 25 heavy (non-hydrogen) atoms. The van der Waals surface area contributed by atoms with E-state index < -0.39 is 17.5 Å². The largest absolute Gasteiger partial charge is 0.502 e. The average molecular weight is 358 g/mol. The van der Waals surface area contributed by atoms with Gasteiger partial charge in [-0.3, -0.25) is 4.79 Å². The molecule has 2 aromatic carbocycles. The lowest BCUT2D eigenvalue weighted by Crippen LogP contribution is -2.04. The summed E-state index contributed by atoms with van der Waals surface area (Å²) in [5, 5.41) is 27.2. The van der Waals surface area contributed by atoms with Crippen molar-refractivity contribution in [2.75, 3.05) is 0 Å². The highest BCUT2D eigenvalue weighted by Crippen LogP contribution is 2.21. The van der Waals surface area contributed by atoms with E-state index in [9.17, 15) is 9.59 Å². The first-order valence-electron chi connectivity index (χ1n) is 7.01. The van der Waals surface area contributed by atoms with Crippen molar-refractivity contribution in [3.8, 4) is 11.8 Å². The summed E-state index contributed by atoms with van der Waals surface area (Å²) in [5.41, 5.74) is 1.05. The summed E-state index contributed by atoms with van der Waals surface area (Å²) in [6, 6.07) is 13.0. The van der Waals surface area contributed by atoms with Crippen molar-refractivity contribution in [2.45, 2.75) is 6.61 Å². The lowest BCUT2D eigenvalue weighted by atomic mass is 10.1. The van der Waals surface area contributed by atoms with Crippen molar-refractivity contribution in [2.24, 2.45) is 0 Å². The van der Waals surface area contributed by atoms with Crippen LogP contribution in [-0.2, 0) is 11.4 Å². The van der Waals surface area contributed by atoms with Gasteiger partial charge < -0.3 is 14.9 Å². The highest BCUT2D eigenvalue weighted by Gasteiger charge is 2.11. The first-order valence-corrected chi connectivity index (χ1v) is 7.39. The maximum atomic E-state index is 11.9. The zero-order valence-electron chi connectivity index (χ0n) is 12.8. The van der Waals surface area contributed by atoms with E-state index in [2.05, 4.69) is 0 Å². The Hall–Kier alpha value is -3.30. The molecule has 0 heterocycles. The number of allylic oxidation sites excluding steroid dienone is 1. The highest BCUT2D eigenvalue weighted by atomic mass is 35.5. The second-order valence-electron chi connectivity index (χ2n) is 4.90. The number of aliphatic hydroxyl groups excluding tert-OH is 1. The van der Waals surface area contributed by atoms with Crippen LogP contribution in [0, 0.1) is 11.3 Å². The van der Waals surface area contributed by atoms with Gasteiger partial charge in [-0.25, -0.2) is 4.79 Å². The minimum Gasteiger partial charge on any atom is -0.502 e. The summed E-state index contributed by atoms with van der Waals surface area (Å²) >= 11 is 5.95. The van der Waals surface area contributed by atoms with Gasteiger partial charge in [0.2, 0.25) is 5.76 Å². The van der Waals surface area contributed by atoms with E-state index in [1.165, 1.54) is 12.1 Å². The number of aliphatic carboxylic acids is 1. The van der Waals surface area contributed by atoms with Crippen LogP contribution >= 0.6 is 11.6 Å². The lowest BCUT2D eigenvalue weighted by molar-refractivity contribution is -0.135. The maximum Gasteiger partial charge on any atom is 0.371 e. The van der Waals surface area contributed by atoms with Gasteiger partial charge in [0.05, 0.1) is 10.6 Å². The summed E-state index contributed by atoms with van der Waals surface area (Å²) in [5.74, 6) is -2.97. The van der Waals surface area contributed by atoms with E-state index >= 15 is 0 Å². The summed E-state index contributed by atoms with van der Waals surface area (Å²) in [6.07, 6.45) is 0.617. The van der Waals surface area contributed by atoms with Crippen LogP contribution in [0.3, 0.4) is 0 Å². The van der Waals surface area contributed by atoms with Crippen molar-refractivity contribution in [1.82, 2.24) is 0 Å². The number of ether oxygens (including phenoxy) is 1. The number of rotatable bonds is 6. The van der Waals surface area contributed by atoms with Gasteiger partial charge in [0.1, 0.15) is 18.4 Å². The third kappa shape index (κ3) is 4.59. The molecular weight excluding hydrogens is 346 g/mol. The molecule has 6 nitrogen and oxygen atoms in total. The van der Waals surface area contributed by atoms with Gasteiger partial charge in [-0.15, -0.1) is 0 Å². The van der Waals surface area contributed by atoms with E-state index in [-0.39, 0.29) is 12.2 Å². The molecule has 0 atom stereocenters. The molecule has 0 fully saturated rings. The maximum absolute atomic E-state index is 11.9. The van der Waals surface area contributed by atoms with Crippen molar-refractivity contribution >= 4 is 23.4 Å². The van der Waals surface area contributed by atoms with Crippen molar-refractivity contribution in [3.63, 3.8) is 0 Å². The number of benzene rings is 2. The molecule has 0 aliphatic heterocycles. The molecular formula is C18H12ClNO5. The van der Waals surface area contributed by atoms with Gasteiger partial charge in [0.25, 0.3) is 0 Å². The van der Waals surface area contributed by atoms with Crippen LogP contribution in [0.15, 0.2) is 54.3 Å². The number of ketones is 1. The van der Waals surface area contributed by atoms with Gasteiger partial charge in [-0.05, 0) is 18.2 Å². The molecule has 0 saturated carbocycles. The van der Waals surface area contributed by atoms with Gasteiger partial charge in [-0.1, -0.05) is 35.9 Å². The molecule has 7 heteroatoms. The molecule has 2 N–H and O–H groups in total. The van der Waals surface area contributed by atoms with Crippen LogP contribution in [0.2, 0.25) is 5.02 Å². The number of hydrogen-bond donors (Lipinski definition) is 2. The third-order valence-corrected chi connectivity index (χ3v) is 3.53. The Kier molecular flexibility index (Phi) is 5.77. The van der Waals surface area contributed by atoms with Gasteiger partial charge in [0.15, 0.2) is 5.78 Å². The van der Waals surface area contributed by atoms with Crippen LogP contribution in [0.4, 0.5) is 0 Å². The highest BCUT2D eigenvalue weighted by molar-refractivity contribution is 6.31. The fraction of sp³-hybridized carbons (Fsp3) is 0.0556. The smallest absolute Gasteiger partial charge is 0.371 e. The Balaban J connectivity index is 2.17. The van der Waals surface area contributed by atoms with Crippen LogP contribution < -0.4 is 4.74 Å². The molecule has 0 aliphatic rings. The van der Waals surface area contributed by atoms with E-state index in [1.54, 1.807) is 30.3 Å². The second kappa shape index (κ2) is 7.99. The number of aliphatic hydroxyl groups is 1. The SMILES string of the molecule is N#Cc1c(Cl)cccc1COc1cccc(C(=O)/C=C(/O)C(=O)O)c1. The molecule has 0 radical (unpaired) electrons. The molecule has 0 aromatic heterocycles. The third-order valence-electron chi connectivity index (χ3n) is 3.21. The number of halogens is 1. The second-order valence-corrected chi connectivity index (χ2v) is 5.31. The normalized spacial score (nSPS) is 10.8. The predicted molar refractivity (Wildman–Crippen MR) is 89.6 cm³/mol. The summed E-state index contributed by atoms with van der Waals surface area (Å²) in [4.78, 5) is 22.5. The van der Waals surface area contributed by atoms with Gasteiger partial charge in [-0.2, -0.15) is 5.26 Å². The number of hydrogen-bond acceptors (Lipinski definition) is 5. The molecule has 0 bridgehead atoms. The molecule has 2 rings (SSSR count). The molecule has 126 valence electrons. The van der Waals surface area contributed by atoms with Crippen LogP contribution in [0.1, 0.15) is 21.5 Å². The molecule has 0 amide bonds. The molecule has 2 aromatic rings. The quantitative estimate of drug-likeness (QED) is 0.465. The Bertz CT molecular complexity index is 899. The monoisotopic (exact) mass is 357 g/mol. The van der Waals surface area contributed by atoms with Gasteiger partial charge in [0, 0.05) is 17.2 Å². The fourth-order valence-electron chi connectivity index (χ4n) is 1.98. The van der Waals surface area contributed by atoms with Crippen molar-refractivity contribution in [3.05, 3.63) is 76.0 Å². The molecule has 0 unspecified atom stereocenters. The first kappa shape index (κ1) is 18.0. The Labute approximate surface area is 148 Å². The molecule has 0 spiro atoms. The predicted octanol–water partition coefficient (Wildman–Crippen LogP) is 3.50. The summed E-state index contributed by atoms with van der Waals surface area (Å²) in [7, 11) is 0. The topological polar surface area (TPSA) is 108 Å². The summed E-state index contributed by atoms with van der Waals surface area (Å²) in [6.45, 7) is 0.0668. The number of nitriles is 1. The Morgan fingerprint density at radius 2 is 1.92 bits per heavy atom. The summed E-state index contributed by atoms with van der Waals surface area (Å²) < 4.78 is 5.57. The number of carbonyl (C=O) groups is 2. The van der Waals surface area contributed by atoms with Crippen molar-refractivity contribution < 1.29 is 24.5 Å². The van der Waals surface area contributed by atoms with E-state index in [0.29, 0.717) is 28.0 Å². The van der Waals surface area contributed by atoms with Crippen LogP contribution in [0.5, 0.6) is 5.75 Å².